The molecule has 0 aliphatic carbocycles. The Morgan fingerprint density at radius 3 is 2.25 bits per heavy atom. The van der Waals surface area contributed by atoms with Crippen molar-refractivity contribution in [1.29, 1.82) is 0 Å². The van der Waals surface area contributed by atoms with Gasteiger partial charge in [-0.05, 0) is 29.9 Å². The summed E-state index contributed by atoms with van der Waals surface area (Å²) in [5.41, 5.74) is 0.361. The average Bonchev–Trinajstić information content (AvgIpc) is 2.25. The number of likely N-dealkylation sites (tertiary alicyclic amines) is 1. The van der Waals surface area contributed by atoms with Gasteiger partial charge in [-0.3, -0.25) is 0 Å². The molecule has 1 saturated heterocycles. The molecule has 0 radical (unpaired) electrons. The van der Waals surface area contributed by atoms with Crippen LogP contribution in [0.1, 0.15) is 33.6 Å². The van der Waals surface area contributed by atoms with Crippen molar-refractivity contribution in [2.24, 2.45) is 11.3 Å². The van der Waals surface area contributed by atoms with Gasteiger partial charge in [-0.25, -0.2) is 0 Å². The second-order valence-corrected chi connectivity index (χ2v) is 6.35. The number of ether oxygens (including phenoxy) is 1. The van der Waals surface area contributed by atoms with Gasteiger partial charge < -0.3 is 9.64 Å². The van der Waals surface area contributed by atoms with E-state index in [1.54, 1.807) is 0 Å². The van der Waals surface area contributed by atoms with Crippen molar-refractivity contribution < 1.29 is 4.74 Å². The molecular weight excluding hydrogens is 218 g/mol. The van der Waals surface area contributed by atoms with E-state index in [-0.39, 0.29) is 0 Å². The van der Waals surface area contributed by atoms with E-state index in [1.807, 2.05) is 7.11 Å². The summed E-state index contributed by atoms with van der Waals surface area (Å²) in [5.74, 6) is 1.66. The summed E-state index contributed by atoms with van der Waals surface area (Å²) >= 11 is 4.49. The lowest BCUT2D eigenvalue weighted by molar-refractivity contribution is 0.0315. The van der Waals surface area contributed by atoms with E-state index in [9.17, 15) is 0 Å². The van der Waals surface area contributed by atoms with Crippen LogP contribution in [-0.2, 0) is 4.74 Å². The van der Waals surface area contributed by atoms with E-state index in [4.69, 9.17) is 4.74 Å². The van der Waals surface area contributed by atoms with E-state index >= 15 is 0 Å². The summed E-state index contributed by atoms with van der Waals surface area (Å²) in [6.45, 7) is 10.5. The number of hydrogen-bond donors (Lipinski definition) is 1. The molecule has 0 N–H and O–H groups in total. The van der Waals surface area contributed by atoms with Crippen LogP contribution in [0.4, 0.5) is 0 Å². The van der Waals surface area contributed by atoms with Crippen molar-refractivity contribution in [3.05, 3.63) is 0 Å². The van der Waals surface area contributed by atoms with Crippen molar-refractivity contribution in [2.75, 3.05) is 32.5 Å². The lowest BCUT2D eigenvalue weighted by atomic mass is 9.81. The third-order valence-corrected chi connectivity index (χ3v) is 4.23. The first kappa shape index (κ1) is 14.3. The predicted octanol–water partition coefficient (Wildman–Crippen LogP) is 2.69. The molecule has 1 heterocycles. The lowest BCUT2D eigenvalue weighted by Crippen LogP contribution is -2.42. The van der Waals surface area contributed by atoms with E-state index in [1.165, 1.54) is 32.5 Å². The SMILES string of the molecule is COC1CCN(CC(CS)C(C)(C)C)CC1. The molecule has 0 amide bonds. The van der Waals surface area contributed by atoms with E-state index in [2.05, 4.69) is 38.3 Å². The molecule has 1 aliphatic heterocycles. The predicted molar refractivity (Wildman–Crippen MR) is 73.3 cm³/mol. The highest BCUT2D eigenvalue weighted by Crippen LogP contribution is 2.28. The van der Waals surface area contributed by atoms with Crippen LogP contribution >= 0.6 is 12.6 Å². The minimum atomic E-state index is 0.361. The highest BCUT2D eigenvalue weighted by Gasteiger charge is 2.27. The number of thiol groups is 1. The molecule has 2 nitrogen and oxygen atoms in total. The molecule has 1 aliphatic rings. The summed E-state index contributed by atoms with van der Waals surface area (Å²) in [7, 11) is 1.83. The molecule has 96 valence electrons. The van der Waals surface area contributed by atoms with Gasteiger partial charge in [0.2, 0.25) is 0 Å². The van der Waals surface area contributed by atoms with E-state index in [0.29, 0.717) is 17.4 Å². The third kappa shape index (κ3) is 4.27. The topological polar surface area (TPSA) is 12.5 Å². The van der Waals surface area contributed by atoms with Crippen LogP contribution in [0.25, 0.3) is 0 Å². The molecule has 0 aromatic carbocycles. The van der Waals surface area contributed by atoms with Gasteiger partial charge in [-0.2, -0.15) is 12.6 Å². The molecule has 1 unspecified atom stereocenters. The first-order valence-electron chi connectivity index (χ1n) is 6.33. The Labute approximate surface area is 106 Å². The number of methoxy groups -OCH3 is 1. The second kappa shape index (κ2) is 6.27. The summed E-state index contributed by atoms with van der Waals surface area (Å²) < 4.78 is 5.40. The van der Waals surface area contributed by atoms with Gasteiger partial charge in [-0.15, -0.1) is 0 Å². The fourth-order valence-corrected chi connectivity index (χ4v) is 2.91. The standard InChI is InChI=1S/C13H27NOS/c1-13(2,3)11(10-16)9-14-7-5-12(15-4)6-8-14/h11-12,16H,5-10H2,1-4H3. The summed E-state index contributed by atoms with van der Waals surface area (Å²) in [6.07, 6.45) is 2.85. The smallest absolute Gasteiger partial charge is 0.0595 e. The zero-order valence-corrected chi connectivity index (χ0v) is 12.1. The Bertz CT molecular complexity index is 195. The Balaban J connectivity index is 2.37. The monoisotopic (exact) mass is 245 g/mol. The quantitative estimate of drug-likeness (QED) is 0.765. The molecule has 3 heteroatoms. The van der Waals surface area contributed by atoms with E-state index in [0.717, 1.165) is 5.75 Å². The molecule has 1 atom stereocenters. The molecule has 16 heavy (non-hydrogen) atoms. The molecule has 0 bridgehead atoms. The zero-order valence-electron chi connectivity index (χ0n) is 11.2. The molecular formula is C13H27NOS. The van der Waals surface area contributed by atoms with Crippen LogP contribution in [-0.4, -0.2) is 43.5 Å². The number of rotatable bonds is 4. The molecule has 0 aromatic heterocycles. The fraction of sp³-hybridized carbons (Fsp3) is 1.00. The maximum Gasteiger partial charge on any atom is 0.0595 e. The van der Waals surface area contributed by atoms with Gasteiger partial charge in [0.15, 0.2) is 0 Å². The van der Waals surface area contributed by atoms with E-state index < -0.39 is 0 Å². The summed E-state index contributed by atoms with van der Waals surface area (Å²) in [6, 6.07) is 0. The van der Waals surface area contributed by atoms with Crippen LogP contribution in [0.5, 0.6) is 0 Å². The van der Waals surface area contributed by atoms with Gasteiger partial charge in [0.05, 0.1) is 6.10 Å². The first-order valence-corrected chi connectivity index (χ1v) is 6.96. The van der Waals surface area contributed by atoms with Crippen molar-refractivity contribution in [3.63, 3.8) is 0 Å². The van der Waals surface area contributed by atoms with Gasteiger partial charge >= 0.3 is 0 Å². The third-order valence-electron chi connectivity index (χ3n) is 3.79. The molecule has 0 saturated carbocycles. The molecule has 0 aromatic rings. The second-order valence-electron chi connectivity index (χ2n) is 5.98. The Morgan fingerprint density at radius 1 is 1.31 bits per heavy atom. The van der Waals surface area contributed by atoms with Crippen molar-refractivity contribution in [1.82, 2.24) is 4.90 Å². The maximum atomic E-state index is 5.40. The Morgan fingerprint density at radius 2 is 1.88 bits per heavy atom. The minimum absolute atomic E-state index is 0.361. The summed E-state index contributed by atoms with van der Waals surface area (Å²) in [4.78, 5) is 2.57. The normalized spacial score (nSPS) is 22.3. The van der Waals surface area contributed by atoms with Gasteiger partial charge in [0.1, 0.15) is 0 Å². The largest absolute Gasteiger partial charge is 0.381 e. The maximum absolute atomic E-state index is 5.40. The lowest BCUT2D eigenvalue weighted by Gasteiger charge is -2.37. The molecule has 1 rings (SSSR count). The van der Waals surface area contributed by atoms with Crippen molar-refractivity contribution in [2.45, 2.75) is 39.7 Å². The summed E-state index contributed by atoms with van der Waals surface area (Å²) in [5, 5.41) is 0. The van der Waals surface area contributed by atoms with Crippen LogP contribution in [0.3, 0.4) is 0 Å². The Hall–Kier alpha value is 0.270. The van der Waals surface area contributed by atoms with Crippen LogP contribution in [0, 0.1) is 11.3 Å². The van der Waals surface area contributed by atoms with Crippen LogP contribution in [0.15, 0.2) is 0 Å². The number of piperidine rings is 1. The average molecular weight is 245 g/mol. The number of nitrogens with zero attached hydrogens (tertiary/aromatic N) is 1. The Kier molecular flexibility index (Phi) is 5.62. The minimum Gasteiger partial charge on any atom is -0.381 e. The molecule has 0 spiro atoms. The van der Waals surface area contributed by atoms with Crippen molar-refractivity contribution >= 4 is 12.6 Å². The first-order chi connectivity index (χ1) is 7.47. The van der Waals surface area contributed by atoms with Gasteiger partial charge in [-0.1, -0.05) is 20.8 Å². The van der Waals surface area contributed by atoms with Gasteiger partial charge in [0, 0.05) is 26.7 Å². The van der Waals surface area contributed by atoms with Crippen LogP contribution in [0.2, 0.25) is 0 Å². The van der Waals surface area contributed by atoms with Crippen LogP contribution < -0.4 is 0 Å². The highest BCUT2D eigenvalue weighted by molar-refractivity contribution is 7.80. The highest BCUT2D eigenvalue weighted by atomic mass is 32.1. The van der Waals surface area contributed by atoms with Gasteiger partial charge in [0.25, 0.3) is 0 Å². The zero-order chi connectivity index (χ0) is 12.2. The molecule has 1 fully saturated rings. The fourth-order valence-electron chi connectivity index (χ4n) is 2.24. The number of hydrogen-bond acceptors (Lipinski definition) is 3. The van der Waals surface area contributed by atoms with Crippen molar-refractivity contribution in [3.8, 4) is 0 Å².